The number of carbonyl (C=O) groups is 1. The molecule has 0 radical (unpaired) electrons. The molecule has 1 amide bonds. The van der Waals surface area contributed by atoms with Crippen molar-refractivity contribution in [1.29, 1.82) is 0 Å². The molecule has 1 aromatic heterocycles. The summed E-state index contributed by atoms with van der Waals surface area (Å²) in [5.41, 5.74) is 2.83. The summed E-state index contributed by atoms with van der Waals surface area (Å²) >= 11 is 0. The molecule has 1 aliphatic heterocycles. The second-order valence-electron chi connectivity index (χ2n) is 8.72. The third-order valence-corrected chi connectivity index (χ3v) is 8.25. The van der Waals surface area contributed by atoms with Gasteiger partial charge in [-0.1, -0.05) is 54.6 Å². The van der Waals surface area contributed by atoms with Gasteiger partial charge >= 0.3 is 0 Å². The first-order valence-corrected chi connectivity index (χ1v) is 12.9. The lowest BCUT2D eigenvalue weighted by Crippen LogP contribution is -2.36. The molecule has 2 heterocycles. The molecular weight excluding hydrogens is 460 g/mol. The minimum atomic E-state index is -3.85. The van der Waals surface area contributed by atoms with Crippen molar-refractivity contribution in [2.45, 2.75) is 30.3 Å². The molecule has 178 valence electrons. The van der Waals surface area contributed by atoms with Gasteiger partial charge in [0.2, 0.25) is 0 Å². The first kappa shape index (κ1) is 22.9. The number of aromatic nitrogens is 2. The average molecular weight is 487 g/mol. The van der Waals surface area contributed by atoms with Crippen LogP contribution in [0.1, 0.15) is 40.3 Å². The number of benzene rings is 3. The van der Waals surface area contributed by atoms with Gasteiger partial charge in [0.15, 0.2) is 0 Å². The minimum Gasteiger partial charge on any atom is -0.338 e. The van der Waals surface area contributed by atoms with Gasteiger partial charge in [-0.3, -0.25) is 9.10 Å². The zero-order valence-electron chi connectivity index (χ0n) is 19.5. The van der Waals surface area contributed by atoms with E-state index in [2.05, 4.69) is 10.3 Å². The fraction of sp³-hybridized carbons (Fsp3) is 0.185. The number of fused-ring (bicyclic) bond motifs is 1. The van der Waals surface area contributed by atoms with E-state index in [4.69, 9.17) is 0 Å². The Morgan fingerprint density at radius 3 is 2.51 bits per heavy atom. The van der Waals surface area contributed by atoms with Gasteiger partial charge in [0, 0.05) is 31.0 Å². The van der Waals surface area contributed by atoms with Crippen LogP contribution < -0.4 is 9.62 Å². The SMILES string of the molecule is CC1Cc2ccccc2N1S(=O)(=O)c1cccc(C(=O)NC(c2ccccc2)c2nccn2C)c1. The topological polar surface area (TPSA) is 84.3 Å². The molecule has 2 atom stereocenters. The quantitative estimate of drug-likeness (QED) is 0.445. The second kappa shape index (κ2) is 9.03. The fourth-order valence-corrected chi connectivity index (χ4v) is 6.37. The highest BCUT2D eigenvalue weighted by Gasteiger charge is 2.36. The fourth-order valence-electron chi connectivity index (χ4n) is 4.63. The maximum absolute atomic E-state index is 13.6. The van der Waals surface area contributed by atoms with Crippen LogP contribution in [-0.2, 0) is 23.5 Å². The predicted octanol–water partition coefficient (Wildman–Crippen LogP) is 4.08. The molecular formula is C27H26N4O3S. The number of sulfonamides is 1. The summed E-state index contributed by atoms with van der Waals surface area (Å²) in [5.74, 6) is 0.296. The van der Waals surface area contributed by atoms with E-state index < -0.39 is 16.1 Å². The van der Waals surface area contributed by atoms with Crippen LogP contribution >= 0.6 is 0 Å². The number of carbonyl (C=O) groups excluding carboxylic acids is 1. The van der Waals surface area contributed by atoms with Crippen molar-refractivity contribution in [2.75, 3.05) is 4.31 Å². The highest BCUT2D eigenvalue weighted by molar-refractivity contribution is 7.92. The molecule has 0 spiro atoms. The van der Waals surface area contributed by atoms with Gasteiger partial charge in [-0.25, -0.2) is 13.4 Å². The molecule has 1 N–H and O–H groups in total. The first-order valence-electron chi connectivity index (χ1n) is 11.4. The predicted molar refractivity (Wildman–Crippen MR) is 135 cm³/mol. The van der Waals surface area contributed by atoms with Crippen molar-refractivity contribution in [1.82, 2.24) is 14.9 Å². The van der Waals surface area contributed by atoms with Gasteiger partial charge in [-0.2, -0.15) is 0 Å². The van der Waals surface area contributed by atoms with E-state index in [0.717, 1.165) is 11.1 Å². The third kappa shape index (κ3) is 4.21. The van der Waals surface area contributed by atoms with E-state index in [1.54, 1.807) is 18.3 Å². The molecule has 0 saturated carbocycles. The van der Waals surface area contributed by atoms with Gasteiger partial charge in [-0.05, 0) is 48.7 Å². The lowest BCUT2D eigenvalue weighted by molar-refractivity contribution is 0.0941. The monoisotopic (exact) mass is 486 g/mol. The van der Waals surface area contributed by atoms with Crippen LogP contribution in [0.2, 0.25) is 0 Å². The van der Waals surface area contributed by atoms with Gasteiger partial charge in [0.25, 0.3) is 15.9 Å². The smallest absolute Gasteiger partial charge is 0.264 e. The van der Waals surface area contributed by atoms with Crippen LogP contribution in [0.3, 0.4) is 0 Å². The molecule has 1 aliphatic rings. The maximum atomic E-state index is 13.6. The Hall–Kier alpha value is -3.91. The molecule has 4 aromatic rings. The number of para-hydroxylation sites is 1. The van der Waals surface area contributed by atoms with Crippen LogP contribution in [0.15, 0.2) is 96.2 Å². The Bertz CT molecular complexity index is 1480. The van der Waals surface area contributed by atoms with E-state index in [0.29, 0.717) is 17.9 Å². The number of nitrogens with one attached hydrogen (secondary N) is 1. The molecule has 0 fully saturated rings. The summed E-state index contributed by atoms with van der Waals surface area (Å²) in [4.78, 5) is 17.9. The van der Waals surface area contributed by atoms with Crippen molar-refractivity contribution in [3.63, 3.8) is 0 Å². The Balaban J connectivity index is 1.47. The van der Waals surface area contributed by atoms with Crippen LogP contribution in [0.25, 0.3) is 0 Å². The zero-order valence-corrected chi connectivity index (χ0v) is 20.3. The molecule has 0 aliphatic carbocycles. The van der Waals surface area contributed by atoms with Crippen molar-refractivity contribution >= 4 is 21.6 Å². The van der Waals surface area contributed by atoms with Gasteiger partial charge < -0.3 is 9.88 Å². The Morgan fingerprint density at radius 1 is 1.03 bits per heavy atom. The third-order valence-electron chi connectivity index (χ3n) is 6.32. The number of imidazole rings is 1. The van der Waals surface area contributed by atoms with Crippen molar-refractivity contribution in [3.8, 4) is 0 Å². The number of nitrogens with zero attached hydrogens (tertiary/aromatic N) is 3. The minimum absolute atomic E-state index is 0.0851. The average Bonchev–Trinajstić information content (AvgIpc) is 3.45. The number of amides is 1. The Kier molecular flexibility index (Phi) is 5.90. The lowest BCUT2D eigenvalue weighted by Gasteiger charge is -2.25. The molecule has 35 heavy (non-hydrogen) atoms. The largest absolute Gasteiger partial charge is 0.338 e. The van der Waals surface area contributed by atoms with Crippen molar-refractivity contribution in [3.05, 3.63) is 114 Å². The molecule has 2 unspecified atom stereocenters. The molecule has 8 heteroatoms. The summed E-state index contributed by atoms with van der Waals surface area (Å²) in [6.07, 6.45) is 4.15. The van der Waals surface area contributed by atoms with Crippen LogP contribution in [0.5, 0.6) is 0 Å². The van der Waals surface area contributed by atoms with E-state index in [-0.39, 0.29) is 22.4 Å². The molecule has 0 saturated heterocycles. The van der Waals surface area contributed by atoms with Crippen molar-refractivity contribution in [2.24, 2.45) is 7.05 Å². The summed E-state index contributed by atoms with van der Waals surface area (Å²) in [5, 5.41) is 3.03. The summed E-state index contributed by atoms with van der Waals surface area (Å²) in [6.45, 7) is 1.89. The number of hydrogen-bond acceptors (Lipinski definition) is 4. The summed E-state index contributed by atoms with van der Waals surface area (Å²) < 4.78 is 30.6. The Labute approximate surface area is 205 Å². The second-order valence-corrected chi connectivity index (χ2v) is 10.5. The van der Waals surface area contributed by atoms with Crippen molar-refractivity contribution < 1.29 is 13.2 Å². The molecule has 5 rings (SSSR count). The van der Waals surface area contributed by atoms with Crippen LogP contribution in [0.4, 0.5) is 5.69 Å². The first-order chi connectivity index (χ1) is 16.9. The standard InChI is InChI=1S/C27H26N4O3S/c1-19-17-21-11-6-7-14-24(21)31(19)35(33,34)23-13-8-12-22(18-23)27(32)29-25(20-9-4-3-5-10-20)26-28-15-16-30(26)2/h3-16,18-19,25H,17H2,1-2H3,(H,29,32). The van der Waals surface area contributed by atoms with Gasteiger partial charge in [0.05, 0.1) is 10.6 Å². The van der Waals surface area contributed by atoms with Gasteiger partial charge in [-0.15, -0.1) is 0 Å². The summed E-state index contributed by atoms with van der Waals surface area (Å²) in [6, 6.07) is 22.6. The number of aryl methyl sites for hydroxylation is 1. The molecule has 7 nitrogen and oxygen atoms in total. The summed E-state index contributed by atoms with van der Waals surface area (Å²) in [7, 11) is -1.98. The highest BCUT2D eigenvalue weighted by atomic mass is 32.2. The number of anilines is 1. The van der Waals surface area contributed by atoms with E-state index in [9.17, 15) is 13.2 Å². The van der Waals surface area contributed by atoms with Crippen LogP contribution in [0, 0.1) is 0 Å². The Morgan fingerprint density at radius 2 is 1.77 bits per heavy atom. The number of hydrogen-bond donors (Lipinski definition) is 1. The molecule has 3 aromatic carbocycles. The van der Waals surface area contributed by atoms with Crippen LogP contribution in [-0.4, -0.2) is 29.9 Å². The van der Waals surface area contributed by atoms with E-state index in [1.165, 1.54) is 16.4 Å². The maximum Gasteiger partial charge on any atom is 0.264 e. The van der Waals surface area contributed by atoms with E-state index >= 15 is 0 Å². The zero-order chi connectivity index (χ0) is 24.6. The lowest BCUT2D eigenvalue weighted by atomic mass is 10.1. The number of rotatable bonds is 6. The van der Waals surface area contributed by atoms with E-state index in [1.807, 2.05) is 79.3 Å². The molecule has 0 bridgehead atoms. The normalized spacial score (nSPS) is 16.1. The highest BCUT2D eigenvalue weighted by Crippen LogP contribution is 2.36. The van der Waals surface area contributed by atoms with Gasteiger partial charge in [0.1, 0.15) is 11.9 Å².